The fourth-order valence-corrected chi connectivity index (χ4v) is 13.4. The van der Waals surface area contributed by atoms with E-state index in [1.54, 1.807) is 114 Å². The van der Waals surface area contributed by atoms with E-state index in [2.05, 4.69) is 46.2 Å². The van der Waals surface area contributed by atoms with Crippen LogP contribution in [0.1, 0.15) is 128 Å². The molecule has 0 aliphatic carbocycles. The Morgan fingerprint density at radius 3 is 1.18 bits per heavy atom. The van der Waals surface area contributed by atoms with E-state index in [1.165, 1.54) is 47.7 Å². The van der Waals surface area contributed by atoms with Gasteiger partial charge in [-0.2, -0.15) is 0 Å². The molecule has 0 saturated carbocycles. The second-order valence-corrected chi connectivity index (χ2v) is 32.6. The highest BCUT2D eigenvalue weighted by Gasteiger charge is 2.26. The second kappa shape index (κ2) is 44.1. The fraction of sp³-hybridized carbons (Fsp3) is 0.330. The van der Waals surface area contributed by atoms with Crippen LogP contribution in [0.15, 0.2) is 199 Å². The Balaban J connectivity index is 0.000000174. The van der Waals surface area contributed by atoms with Crippen LogP contribution in [0, 0.1) is 45.3 Å². The second-order valence-electron chi connectivity index (χ2n) is 29.5. The first kappa shape index (κ1) is 92.6. The van der Waals surface area contributed by atoms with Crippen molar-refractivity contribution in [3.63, 3.8) is 0 Å². The van der Waals surface area contributed by atoms with Crippen LogP contribution in [0.2, 0.25) is 25.1 Å². The smallest absolute Gasteiger partial charge is 0.311 e. The van der Waals surface area contributed by atoms with E-state index in [1.807, 2.05) is 93.6 Å². The average molecular weight is 1790 g/mol. The number of hydrogen-bond donors (Lipinski definition) is 2. The van der Waals surface area contributed by atoms with Crippen LogP contribution >= 0.6 is 73.9 Å². The van der Waals surface area contributed by atoms with E-state index in [0.717, 1.165) is 40.7 Å². The maximum atomic E-state index is 14.5. The van der Waals surface area contributed by atoms with Crippen LogP contribution in [0.3, 0.4) is 0 Å². The highest BCUT2D eigenvalue weighted by Crippen LogP contribution is 2.27. The molecule has 2 saturated heterocycles. The minimum atomic E-state index is -0.586. The molecule has 13 rings (SSSR count). The Kier molecular flexibility index (Phi) is 34.3. The third-order valence-corrected chi connectivity index (χ3v) is 20.7. The first-order valence-electron chi connectivity index (χ1n) is 38.3. The number of rotatable bonds is 22. The van der Waals surface area contributed by atoms with E-state index in [-0.39, 0.29) is 100 Å². The number of carbonyl (C=O) groups is 3. The van der Waals surface area contributed by atoms with E-state index in [0.29, 0.717) is 141 Å². The highest BCUT2D eigenvalue weighted by molar-refractivity contribution is 9.10. The van der Waals surface area contributed by atoms with Gasteiger partial charge >= 0.3 is 5.97 Å². The first-order valence-corrected chi connectivity index (χ1v) is 40.9. The van der Waals surface area contributed by atoms with Gasteiger partial charge in [-0.05, 0) is 205 Å². The summed E-state index contributed by atoms with van der Waals surface area (Å²) in [5, 5.41) is 6.27. The molecular formula is C88H93BrCl5FN12O12. The number of nitrogens with one attached hydrogen (secondary N) is 1. The number of hydrogen-bond acceptors (Lipinski definition) is 19. The molecule has 2 aliphatic heterocycles. The Morgan fingerprint density at radius 2 is 0.807 bits per heavy atom. The number of ketones is 2. The average Bonchev–Trinajstić information content (AvgIpc) is 0.844. The summed E-state index contributed by atoms with van der Waals surface area (Å²) >= 11 is 32.6. The molecule has 0 atom stereocenters. The largest absolute Gasteiger partial charge is 0.488 e. The number of aryl methyl sites for hydroxylation is 4. The summed E-state index contributed by atoms with van der Waals surface area (Å²) in [5.74, 6) is 1.93. The number of esters is 1. The predicted molar refractivity (Wildman–Crippen MR) is 466 cm³/mol. The number of ether oxygens (including phenoxy) is 4. The van der Waals surface area contributed by atoms with Crippen LogP contribution in [0.4, 0.5) is 21.7 Å². The number of nitrogen functional groups attached to an aromatic ring is 1. The summed E-state index contributed by atoms with van der Waals surface area (Å²) in [6.07, 6.45) is 9.98. The van der Waals surface area contributed by atoms with Crippen LogP contribution in [0.5, 0.6) is 5.75 Å². The molecule has 119 heavy (non-hydrogen) atoms. The van der Waals surface area contributed by atoms with Gasteiger partial charge in [-0.25, -0.2) is 29.3 Å². The van der Waals surface area contributed by atoms with Crippen molar-refractivity contribution in [2.75, 3.05) is 37.5 Å². The van der Waals surface area contributed by atoms with Gasteiger partial charge in [-0.3, -0.25) is 61.2 Å². The maximum absolute atomic E-state index is 14.5. The van der Waals surface area contributed by atoms with Gasteiger partial charge < -0.3 is 30.0 Å². The number of nitrogens with two attached hydrogens (primary N) is 1. The predicted octanol–water partition coefficient (Wildman–Crippen LogP) is 15.9. The molecule has 2 aliphatic rings. The third kappa shape index (κ3) is 28.2. The Labute approximate surface area is 721 Å². The van der Waals surface area contributed by atoms with Gasteiger partial charge in [-0.15, -0.1) is 0 Å². The number of benzene rings is 6. The van der Waals surface area contributed by atoms with Crippen molar-refractivity contribution in [1.29, 1.82) is 0 Å². The number of Topliss-reactive ketones (excluding diaryl/α,β-unsaturated/α-hetero) is 2. The zero-order chi connectivity index (χ0) is 86.2. The number of halogens is 7. The van der Waals surface area contributed by atoms with Crippen molar-refractivity contribution < 1.29 is 37.7 Å². The van der Waals surface area contributed by atoms with Crippen molar-refractivity contribution in [3.05, 3.63) is 325 Å². The molecule has 0 amide bonds. The summed E-state index contributed by atoms with van der Waals surface area (Å²) in [5.41, 5.74) is 10.3. The van der Waals surface area contributed by atoms with Gasteiger partial charge in [0.25, 0.3) is 27.8 Å². The topological polar surface area (TPSA) is 301 Å². The summed E-state index contributed by atoms with van der Waals surface area (Å²) in [6, 6.07) is 40.9. The molecule has 0 bridgehead atoms. The lowest BCUT2D eigenvalue weighted by Crippen LogP contribution is -2.31. The molecule has 11 aromatic rings. The molecule has 6 aromatic carbocycles. The Bertz CT molecular complexity index is 5530. The van der Waals surface area contributed by atoms with E-state index in [4.69, 9.17) is 82.7 Å². The summed E-state index contributed by atoms with van der Waals surface area (Å²) in [6.45, 7) is 20.4. The molecule has 2 fully saturated rings. The van der Waals surface area contributed by atoms with E-state index in [9.17, 15) is 42.7 Å². The van der Waals surface area contributed by atoms with Crippen molar-refractivity contribution >= 4 is 109 Å². The lowest BCUT2D eigenvalue weighted by molar-refractivity contribution is -0.154. The van der Waals surface area contributed by atoms with Gasteiger partial charge in [0, 0.05) is 129 Å². The lowest BCUT2D eigenvalue weighted by atomic mass is 9.92. The first-order chi connectivity index (χ1) is 56.6. The van der Waals surface area contributed by atoms with Crippen LogP contribution in [-0.2, 0) is 80.6 Å². The Hall–Kier alpha value is -10.3. The zero-order valence-corrected chi connectivity index (χ0v) is 72.7. The highest BCUT2D eigenvalue weighted by atomic mass is 79.9. The number of carbonyl (C=O) groups excluding carboxylic acids is 3. The van der Waals surface area contributed by atoms with Gasteiger partial charge in [0.15, 0.2) is 11.6 Å². The standard InChI is InChI=1S/C27H29ClFN3O4.C19H21ClN2O3.C18H21ClN2O3.C12H10BrClN2O.C12H12ClN3O/c1-17(2)36-25-8-7-22(14-23(25)29)31-27-30-15-20(13-24(33)19-9-11-35-12-10-19)26(34)32(27)16-18-3-5-21(28)6-4-18;1-13-21-11-16(10-18(23)15-6-8-25-9-7-15)19(24)22(13)12-14-2-4-17(20)5-3-14;1-12-20-10-14(9-16(22)24-18(2,3)4)17(23)21(12)11-13-5-7-15(19)8-6-13;1-8-15-6-11(13)12(17)16(8)7-9-2-4-10(14)5-3-9;1-8-15-6-11(14)12(17)16(8)7-9-2-4-10(13)5-3-9/h3-8,14-15,17,19H,9-13,16H2,1-2H3,(H,30,31);2-5,11,15H,6-10,12H2,1H3;5-8,10H,9,11H2,1-4H3;2-6H,7H2,1H3;2-6H,7,14H2,1H3. The van der Waals surface area contributed by atoms with Crippen LogP contribution in [0.25, 0.3) is 0 Å². The van der Waals surface area contributed by atoms with Crippen LogP contribution in [-0.4, -0.2) is 103 Å². The Morgan fingerprint density at radius 1 is 0.479 bits per heavy atom. The fourth-order valence-electron chi connectivity index (χ4n) is 12.4. The molecule has 0 radical (unpaired) electrons. The number of aromatic nitrogens is 10. The maximum Gasteiger partial charge on any atom is 0.311 e. The molecule has 626 valence electrons. The van der Waals surface area contributed by atoms with E-state index < -0.39 is 17.4 Å². The normalized spacial score (nSPS) is 12.8. The van der Waals surface area contributed by atoms with Crippen molar-refractivity contribution in [1.82, 2.24) is 47.8 Å². The molecule has 5 aromatic heterocycles. The summed E-state index contributed by atoms with van der Waals surface area (Å²) in [7, 11) is 0. The van der Waals surface area contributed by atoms with Crippen molar-refractivity contribution in [2.45, 2.75) is 152 Å². The molecule has 0 spiro atoms. The minimum absolute atomic E-state index is 0.00721. The zero-order valence-electron chi connectivity index (χ0n) is 67.3. The minimum Gasteiger partial charge on any atom is -0.488 e. The lowest BCUT2D eigenvalue weighted by Gasteiger charge is -2.21. The van der Waals surface area contributed by atoms with E-state index >= 15 is 0 Å². The monoisotopic (exact) mass is 1780 g/mol. The molecule has 24 nitrogen and oxygen atoms in total. The quantitative estimate of drug-likeness (QED) is 0.0596. The van der Waals surface area contributed by atoms with Crippen molar-refractivity contribution in [2.24, 2.45) is 11.8 Å². The third-order valence-electron chi connectivity index (χ3n) is 18.9. The summed E-state index contributed by atoms with van der Waals surface area (Å²) in [4.78, 5) is 121. The van der Waals surface area contributed by atoms with Gasteiger partial charge in [0.1, 0.15) is 50.6 Å². The van der Waals surface area contributed by atoms with Gasteiger partial charge in [0.05, 0.1) is 51.4 Å². The molecule has 31 heteroatoms. The van der Waals surface area contributed by atoms with Crippen molar-refractivity contribution in [3.8, 4) is 5.75 Å². The SMILES string of the molecule is CC(C)Oc1ccc(Nc2ncc(CC(=O)C3CCOCC3)c(=O)n2Cc2ccc(Cl)cc2)cc1F.Cc1ncc(Br)c(=O)n1Cc1ccc(Cl)cc1.Cc1ncc(CC(=O)C2CCOCC2)c(=O)n1Cc1ccc(Cl)cc1.Cc1ncc(CC(=O)OC(C)(C)C)c(=O)n1Cc1ccc(Cl)cc1.Cc1ncc(N)c(=O)n1Cc1ccc(Cl)cc1. The molecule has 0 unspecified atom stereocenters. The van der Waals surface area contributed by atoms with Gasteiger partial charge in [-0.1, -0.05) is 119 Å². The number of nitrogens with zero attached hydrogens (tertiary/aromatic N) is 10. The van der Waals surface area contributed by atoms with Gasteiger partial charge in [0.2, 0.25) is 5.95 Å². The number of anilines is 3. The molecular weight excluding hydrogens is 1690 g/mol. The van der Waals surface area contributed by atoms with Crippen LogP contribution < -0.4 is 43.6 Å². The molecule has 7 heterocycles. The summed E-state index contributed by atoms with van der Waals surface area (Å²) < 4.78 is 44.1. The molecule has 3 N–H and O–H groups in total.